The molecule has 0 saturated carbocycles. The molecule has 21 heavy (non-hydrogen) atoms. The summed E-state index contributed by atoms with van der Waals surface area (Å²) < 4.78 is 27.8. The van der Waals surface area contributed by atoms with Crippen LogP contribution in [0.2, 0.25) is 0 Å². The fourth-order valence-electron chi connectivity index (χ4n) is 3.42. The minimum Gasteiger partial charge on any atom is -0.296 e. The van der Waals surface area contributed by atoms with Crippen molar-refractivity contribution < 1.29 is 8.78 Å². The molecule has 0 saturated heterocycles. The van der Waals surface area contributed by atoms with Crippen molar-refractivity contribution in [1.82, 2.24) is 10.3 Å². The average molecular weight is 299 g/mol. The largest absolute Gasteiger partial charge is 0.296 e. The molecular weight excluding hydrogens is 272 g/mol. The number of hydrogen-bond donors (Lipinski definition) is 2. The molecule has 1 aromatic rings. The normalized spacial score (nSPS) is 13.7. The number of nitrogens with zero attached hydrogens (tertiary/aromatic N) is 1. The van der Waals surface area contributed by atoms with Gasteiger partial charge < -0.3 is 0 Å². The van der Waals surface area contributed by atoms with Crippen molar-refractivity contribution in [2.75, 3.05) is 13.1 Å². The quantitative estimate of drug-likeness (QED) is 0.571. The van der Waals surface area contributed by atoms with Gasteiger partial charge in [-0.3, -0.25) is 16.2 Å². The smallest absolute Gasteiger partial charge is 0.163 e. The lowest BCUT2D eigenvalue weighted by Crippen LogP contribution is -2.57. The van der Waals surface area contributed by atoms with Gasteiger partial charge in [-0.2, -0.15) is 0 Å². The highest BCUT2D eigenvalue weighted by Crippen LogP contribution is 2.38. The third-order valence-corrected chi connectivity index (χ3v) is 4.61. The zero-order valence-corrected chi connectivity index (χ0v) is 13.4. The topological polar surface area (TPSA) is 41.3 Å². The SMILES string of the molecule is CCN(CC)C(CC)(CC)C(NN)c1cccc(F)c1F. The van der Waals surface area contributed by atoms with E-state index in [1.54, 1.807) is 6.07 Å². The van der Waals surface area contributed by atoms with Crippen molar-refractivity contribution in [3.05, 3.63) is 35.4 Å². The first-order valence-electron chi connectivity index (χ1n) is 7.67. The molecule has 0 aromatic heterocycles. The number of halogens is 2. The molecule has 3 nitrogen and oxygen atoms in total. The van der Waals surface area contributed by atoms with Crippen LogP contribution in [-0.2, 0) is 0 Å². The van der Waals surface area contributed by atoms with Crippen LogP contribution >= 0.6 is 0 Å². The Morgan fingerprint density at radius 3 is 2.14 bits per heavy atom. The molecule has 1 unspecified atom stereocenters. The molecule has 0 aliphatic rings. The van der Waals surface area contributed by atoms with Gasteiger partial charge in [-0.15, -0.1) is 0 Å². The van der Waals surface area contributed by atoms with E-state index in [9.17, 15) is 8.78 Å². The molecule has 0 heterocycles. The Balaban J connectivity index is 3.41. The minimum atomic E-state index is -0.839. The maximum Gasteiger partial charge on any atom is 0.163 e. The van der Waals surface area contributed by atoms with Crippen molar-refractivity contribution in [2.45, 2.75) is 52.1 Å². The Labute approximate surface area is 126 Å². The van der Waals surface area contributed by atoms with Crippen LogP contribution < -0.4 is 11.3 Å². The highest BCUT2D eigenvalue weighted by molar-refractivity contribution is 5.26. The van der Waals surface area contributed by atoms with Crippen molar-refractivity contribution in [2.24, 2.45) is 5.84 Å². The number of benzene rings is 1. The fraction of sp³-hybridized carbons (Fsp3) is 0.625. The lowest BCUT2D eigenvalue weighted by Gasteiger charge is -2.47. The van der Waals surface area contributed by atoms with Gasteiger partial charge in [0.05, 0.1) is 6.04 Å². The number of nitrogens with one attached hydrogen (secondary N) is 1. The zero-order chi connectivity index (χ0) is 16.0. The number of hydrazine groups is 1. The summed E-state index contributed by atoms with van der Waals surface area (Å²) >= 11 is 0. The number of nitrogens with two attached hydrogens (primary N) is 1. The van der Waals surface area contributed by atoms with Gasteiger partial charge in [0.15, 0.2) is 11.6 Å². The van der Waals surface area contributed by atoms with Crippen LogP contribution in [0.5, 0.6) is 0 Å². The van der Waals surface area contributed by atoms with Crippen LogP contribution in [0.3, 0.4) is 0 Å². The van der Waals surface area contributed by atoms with E-state index in [1.165, 1.54) is 6.07 Å². The zero-order valence-electron chi connectivity index (χ0n) is 13.4. The maximum absolute atomic E-state index is 14.2. The molecule has 0 fully saturated rings. The van der Waals surface area contributed by atoms with Crippen molar-refractivity contribution in [1.29, 1.82) is 0 Å². The van der Waals surface area contributed by atoms with Gasteiger partial charge in [0, 0.05) is 11.1 Å². The van der Waals surface area contributed by atoms with Crippen LogP contribution in [0.25, 0.3) is 0 Å². The van der Waals surface area contributed by atoms with Gasteiger partial charge in [-0.1, -0.05) is 39.8 Å². The molecule has 0 bridgehead atoms. The highest BCUT2D eigenvalue weighted by Gasteiger charge is 2.41. The molecule has 0 spiro atoms. The lowest BCUT2D eigenvalue weighted by molar-refractivity contribution is 0.0472. The first-order chi connectivity index (χ1) is 10.0. The standard InChI is InChI=1S/C16H27F2N3/c1-5-16(6-2,21(7-3)8-4)15(20-19)12-10-9-11-13(17)14(12)18/h9-11,15,20H,5-8,19H2,1-4H3. The number of rotatable bonds is 8. The lowest BCUT2D eigenvalue weighted by atomic mass is 9.79. The molecule has 0 aliphatic carbocycles. The van der Waals surface area contributed by atoms with E-state index >= 15 is 0 Å². The van der Waals surface area contributed by atoms with Gasteiger partial charge in [0.25, 0.3) is 0 Å². The molecule has 1 atom stereocenters. The van der Waals surface area contributed by atoms with E-state index in [0.717, 1.165) is 32.0 Å². The minimum absolute atomic E-state index is 0.285. The van der Waals surface area contributed by atoms with Crippen LogP contribution in [0.1, 0.15) is 52.1 Å². The second-order valence-corrected chi connectivity index (χ2v) is 5.23. The molecule has 120 valence electrons. The third-order valence-electron chi connectivity index (χ3n) is 4.61. The van der Waals surface area contributed by atoms with E-state index < -0.39 is 17.7 Å². The first kappa shape index (κ1) is 18.0. The Bertz CT molecular complexity index is 443. The summed E-state index contributed by atoms with van der Waals surface area (Å²) in [5.74, 6) is 4.08. The summed E-state index contributed by atoms with van der Waals surface area (Å²) in [6, 6.07) is 3.79. The Morgan fingerprint density at radius 2 is 1.71 bits per heavy atom. The van der Waals surface area contributed by atoms with Gasteiger partial charge in [-0.25, -0.2) is 8.78 Å². The third kappa shape index (κ3) is 3.25. The van der Waals surface area contributed by atoms with Crippen LogP contribution in [0.15, 0.2) is 18.2 Å². The molecule has 0 radical (unpaired) electrons. The molecule has 1 aromatic carbocycles. The van der Waals surface area contributed by atoms with Gasteiger partial charge in [0.1, 0.15) is 0 Å². The van der Waals surface area contributed by atoms with Gasteiger partial charge in [0.2, 0.25) is 0 Å². The predicted octanol–water partition coefficient (Wildman–Crippen LogP) is 3.37. The van der Waals surface area contributed by atoms with Crippen LogP contribution in [0, 0.1) is 11.6 Å². The molecule has 3 N–H and O–H groups in total. The average Bonchev–Trinajstić information content (AvgIpc) is 2.51. The van der Waals surface area contributed by atoms with E-state index in [-0.39, 0.29) is 11.1 Å². The molecule has 0 amide bonds. The summed E-state index contributed by atoms with van der Waals surface area (Å²) in [5.41, 5.74) is 2.66. The second-order valence-electron chi connectivity index (χ2n) is 5.23. The summed E-state index contributed by atoms with van der Waals surface area (Å²) in [4.78, 5) is 2.27. The maximum atomic E-state index is 14.2. The van der Waals surface area contributed by atoms with E-state index in [2.05, 4.69) is 38.0 Å². The van der Waals surface area contributed by atoms with Crippen molar-refractivity contribution >= 4 is 0 Å². The van der Waals surface area contributed by atoms with E-state index in [4.69, 9.17) is 5.84 Å². The van der Waals surface area contributed by atoms with Crippen LogP contribution in [0.4, 0.5) is 8.78 Å². The highest BCUT2D eigenvalue weighted by atomic mass is 19.2. The molecular formula is C16H27F2N3. The van der Waals surface area contributed by atoms with Crippen LogP contribution in [-0.4, -0.2) is 23.5 Å². The second kappa shape index (κ2) is 7.82. The first-order valence-corrected chi connectivity index (χ1v) is 7.67. The Morgan fingerprint density at radius 1 is 1.14 bits per heavy atom. The summed E-state index contributed by atoms with van der Waals surface area (Å²) in [5, 5.41) is 0. The van der Waals surface area contributed by atoms with Crippen molar-refractivity contribution in [3.63, 3.8) is 0 Å². The monoisotopic (exact) mass is 299 g/mol. The summed E-state index contributed by atoms with van der Waals surface area (Å²) in [7, 11) is 0. The van der Waals surface area contributed by atoms with Gasteiger partial charge in [-0.05, 0) is 32.0 Å². The van der Waals surface area contributed by atoms with E-state index in [0.29, 0.717) is 0 Å². The van der Waals surface area contributed by atoms with E-state index in [1.807, 2.05) is 0 Å². The van der Waals surface area contributed by atoms with Crippen molar-refractivity contribution in [3.8, 4) is 0 Å². The fourth-order valence-corrected chi connectivity index (χ4v) is 3.42. The molecule has 0 aliphatic heterocycles. The molecule has 5 heteroatoms. The van der Waals surface area contributed by atoms with Gasteiger partial charge >= 0.3 is 0 Å². The Hall–Kier alpha value is -1.04. The number of likely N-dealkylation sites (N-methyl/N-ethyl adjacent to an activating group) is 1. The predicted molar refractivity (Wildman–Crippen MR) is 82.7 cm³/mol. The Kier molecular flexibility index (Phi) is 6.71. The molecule has 1 rings (SSSR count). The number of hydrogen-bond acceptors (Lipinski definition) is 3. The summed E-state index contributed by atoms with van der Waals surface area (Å²) in [6.07, 6.45) is 1.58. The summed E-state index contributed by atoms with van der Waals surface area (Å²) in [6.45, 7) is 9.91.